The van der Waals surface area contributed by atoms with Gasteiger partial charge < -0.3 is 14.6 Å². The molecule has 0 aliphatic carbocycles. The number of esters is 2. The summed E-state index contributed by atoms with van der Waals surface area (Å²) in [6.45, 7) is 6.10. The van der Waals surface area contributed by atoms with Gasteiger partial charge in [-0.25, -0.2) is 4.79 Å². The van der Waals surface area contributed by atoms with Crippen LogP contribution in [0.15, 0.2) is 12.7 Å². The molecule has 0 aromatic heterocycles. The predicted octanol–water partition coefficient (Wildman–Crippen LogP) is 1.64. The molecule has 18 heavy (non-hydrogen) atoms. The van der Waals surface area contributed by atoms with Gasteiger partial charge in [0.05, 0.1) is 0 Å². The Morgan fingerprint density at radius 2 is 1.72 bits per heavy atom. The average Bonchev–Trinajstić information content (AvgIpc) is 2.22. The van der Waals surface area contributed by atoms with Crippen LogP contribution < -0.4 is 0 Å². The van der Waals surface area contributed by atoms with E-state index >= 15 is 0 Å². The van der Waals surface area contributed by atoms with Gasteiger partial charge in [-0.1, -0.05) is 6.58 Å². The van der Waals surface area contributed by atoms with Crippen molar-refractivity contribution in [3.63, 3.8) is 0 Å². The molecule has 0 rings (SSSR count). The SMILES string of the molecule is C=CC(=O)OC(C)(C)OC(=O)CCCCC(=O)O. The number of aliphatic carboxylic acids is 1. The Hall–Kier alpha value is -1.85. The normalized spacial score (nSPS) is 10.6. The van der Waals surface area contributed by atoms with Crippen LogP contribution in [0.2, 0.25) is 0 Å². The Morgan fingerprint density at radius 1 is 1.17 bits per heavy atom. The molecule has 102 valence electrons. The summed E-state index contributed by atoms with van der Waals surface area (Å²) in [4.78, 5) is 32.6. The fourth-order valence-electron chi connectivity index (χ4n) is 1.18. The molecular formula is C12H18O6. The van der Waals surface area contributed by atoms with E-state index in [1.165, 1.54) is 13.8 Å². The maximum Gasteiger partial charge on any atom is 0.333 e. The highest BCUT2D eigenvalue weighted by Crippen LogP contribution is 2.14. The zero-order chi connectivity index (χ0) is 14.2. The van der Waals surface area contributed by atoms with Gasteiger partial charge in [-0.3, -0.25) is 9.59 Å². The lowest BCUT2D eigenvalue weighted by atomic mass is 10.2. The van der Waals surface area contributed by atoms with E-state index in [4.69, 9.17) is 14.6 Å². The maximum atomic E-state index is 11.4. The summed E-state index contributed by atoms with van der Waals surface area (Å²) in [6, 6.07) is 0. The topological polar surface area (TPSA) is 89.9 Å². The summed E-state index contributed by atoms with van der Waals surface area (Å²) in [5.74, 6) is -3.47. The molecule has 6 nitrogen and oxygen atoms in total. The zero-order valence-corrected chi connectivity index (χ0v) is 10.6. The van der Waals surface area contributed by atoms with Crippen molar-refractivity contribution >= 4 is 17.9 Å². The van der Waals surface area contributed by atoms with Crippen molar-refractivity contribution in [2.75, 3.05) is 0 Å². The third-order valence-corrected chi connectivity index (χ3v) is 1.89. The first-order valence-corrected chi connectivity index (χ1v) is 5.56. The number of carbonyl (C=O) groups is 3. The van der Waals surface area contributed by atoms with E-state index in [9.17, 15) is 14.4 Å². The molecule has 0 bridgehead atoms. The molecule has 0 radical (unpaired) electrons. The third-order valence-electron chi connectivity index (χ3n) is 1.89. The standard InChI is InChI=1S/C12H18O6/c1-4-10(15)17-12(2,3)18-11(16)8-6-5-7-9(13)14/h4H,1,5-8H2,2-3H3,(H,13,14). The fourth-order valence-corrected chi connectivity index (χ4v) is 1.18. The van der Waals surface area contributed by atoms with Crippen LogP contribution in [0.25, 0.3) is 0 Å². The van der Waals surface area contributed by atoms with Gasteiger partial charge in [0, 0.05) is 32.8 Å². The van der Waals surface area contributed by atoms with E-state index in [1.54, 1.807) is 0 Å². The minimum absolute atomic E-state index is 0.0160. The van der Waals surface area contributed by atoms with Crippen molar-refractivity contribution in [1.29, 1.82) is 0 Å². The molecule has 0 aromatic carbocycles. The molecule has 0 aromatic rings. The number of unbranched alkanes of at least 4 members (excludes halogenated alkanes) is 1. The molecule has 0 unspecified atom stereocenters. The van der Waals surface area contributed by atoms with Gasteiger partial charge in [0.15, 0.2) is 0 Å². The largest absolute Gasteiger partial charge is 0.481 e. The Morgan fingerprint density at radius 3 is 2.22 bits per heavy atom. The molecule has 0 aliphatic rings. The van der Waals surface area contributed by atoms with Crippen molar-refractivity contribution in [3.05, 3.63) is 12.7 Å². The number of rotatable bonds is 8. The molecule has 0 fully saturated rings. The number of ether oxygens (including phenoxy) is 2. The van der Waals surface area contributed by atoms with E-state index in [-0.39, 0.29) is 12.8 Å². The van der Waals surface area contributed by atoms with E-state index in [1.807, 2.05) is 0 Å². The Balaban J connectivity index is 3.95. The van der Waals surface area contributed by atoms with Gasteiger partial charge in [0.25, 0.3) is 5.79 Å². The summed E-state index contributed by atoms with van der Waals surface area (Å²) in [5, 5.41) is 8.41. The number of carbonyl (C=O) groups excluding carboxylic acids is 2. The quantitative estimate of drug-likeness (QED) is 0.308. The van der Waals surface area contributed by atoms with Crippen LogP contribution in [0.3, 0.4) is 0 Å². The highest BCUT2D eigenvalue weighted by Gasteiger charge is 2.26. The minimum atomic E-state index is -1.35. The van der Waals surface area contributed by atoms with Crippen molar-refractivity contribution in [2.24, 2.45) is 0 Å². The van der Waals surface area contributed by atoms with Gasteiger partial charge in [-0.05, 0) is 12.8 Å². The van der Waals surface area contributed by atoms with Crippen molar-refractivity contribution in [2.45, 2.75) is 45.3 Å². The van der Waals surface area contributed by atoms with Crippen molar-refractivity contribution < 1.29 is 29.0 Å². The fraction of sp³-hybridized carbons (Fsp3) is 0.583. The summed E-state index contributed by atoms with van der Waals surface area (Å²) in [6.07, 6.45) is 1.89. The molecule has 0 saturated carbocycles. The molecule has 0 atom stereocenters. The summed E-state index contributed by atoms with van der Waals surface area (Å²) >= 11 is 0. The summed E-state index contributed by atoms with van der Waals surface area (Å²) in [7, 11) is 0. The van der Waals surface area contributed by atoms with Crippen molar-refractivity contribution in [3.8, 4) is 0 Å². The van der Waals surface area contributed by atoms with Gasteiger partial charge in [0.1, 0.15) is 0 Å². The Bertz CT molecular complexity index is 331. The van der Waals surface area contributed by atoms with Gasteiger partial charge in [0.2, 0.25) is 0 Å². The van der Waals surface area contributed by atoms with Crippen LogP contribution in [0, 0.1) is 0 Å². The van der Waals surface area contributed by atoms with Gasteiger partial charge in [-0.2, -0.15) is 0 Å². The molecule has 0 spiro atoms. The first-order chi connectivity index (χ1) is 8.26. The summed E-state index contributed by atoms with van der Waals surface area (Å²) in [5.41, 5.74) is 0. The van der Waals surface area contributed by atoms with E-state index in [2.05, 4.69) is 6.58 Å². The molecule has 6 heteroatoms. The molecular weight excluding hydrogens is 240 g/mol. The first-order valence-electron chi connectivity index (χ1n) is 5.56. The second-order valence-corrected chi connectivity index (χ2v) is 4.10. The van der Waals surface area contributed by atoms with E-state index in [0.717, 1.165) is 6.08 Å². The second-order valence-electron chi connectivity index (χ2n) is 4.10. The lowest BCUT2D eigenvalue weighted by molar-refractivity contribution is -0.213. The van der Waals surface area contributed by atoms with Crippen LogP contribution in [-0.2, 0) is 23.9 Å². The van der Waals surface area contributed by atoms with Crippen LogP contribution in [-0.4, -0.2) is 28.8 Å². The lowest BCUT2D eigenvalue weighted by Gasteiger charge is -2.24. The number of carboxylic acids is 1. The smallest absolute Gasteiger partial charge is 0.333 e. The number of hydrogen-bond acceptors (Lipinski definition) is 5. The lowest BCUT2D eigenvalue weighted by Crippen LogP contribution is -2.33. The molecule has 0 amide bonds. The molecule has 0 heterocycles. The molecule has 0 aliphatic heterocycles. The monoisotopic (exact) mass is 258 g/mol. The maximum absolute atomic E-state index is 11.4. The van der Waals surface area contributed by atoms with Gasteiger partial charge in [-0.15, -0.1) is 0 Å². The predicted molar refractivity (Wildman–Crippen MR) is 62.6 cm³/mol. The number of hydrogen-bond donors (Lipinski definition) is 1. The number of carboxylic acid groups (broad SMARTS) is 1. The van der Waals surface area contributed by atoms with Gasteiger partial charge >= 0.3 is 17.9 Å². The highest BCUT2D eigenvalue weighted by atomic mass is 16.7. The van der Waals surface area contributed by atoms with Crippen LogP contribution in [0.1, 0.15) is 39.5 Å². The highest BCUT2D eigenvalue weighted by molar-refractivity contribution is 5.81. The van der Waals surface area contributed by atoms with E-state index in [0.29, 0.717) is 12.8 Å². The summed E-state index contributed by atoms with van der Waals surface area (Å²) < 4.78 is 9.75. The Labute approximate surface area is 106 Å². The Kier molecular flexibility index (Phi) is 6.70. The molecule has 1 N–H and O–H groups in total. The average molecular weight is 258 g/mol. The van der Waals surface area contributed by atoms with Crippen LogP contribution >= 0.6 is 0 Å². The minimum Gasteiger partial charge on any atom is -0.481 e. The molecule has 0 saturated heterocycles. The van der Waals surface area contributed by atoms with Crippen LogP contribution in [0.5, 0.6) is 0 Å². The van der Waals surface area contributed by atoms with Crippen molar-refractivity contribution in [1.82, 2.24) is 0 Å². The third kappa shape index (κ3) is 8.32. The second kappa shape index (κ2) is 7.47. The van der Waals surface area contributed by atoms with E-state index < -0.39 is 23.7 Å². The first kappa shape index (κ1) is 16.1. The zero-order valence-electron chi connectivity index (χ0n) is 10.6. The van der Waals surface area contributed by atoms with Crippen LogP contribution in [0.4, 0.5) is 0 Å².